The van der Waals surface area contributed by atoms with Crippen molar-refractivity contribution in [2.45, 2.75) is 30.8 Å². The predicted octanol–water partition coefficient (Wildman–Crippen LogP) is 4.99. The SMILES string of the molecule is CC1(C)COCCN1C(=O)c1cccc(S(=O)(=O)N(Cc2ccccc2)c2ccccc2Cl)c1. The van der Waals surface area contributed by atoms with Crippen LogP contribution in [0.25, 0.3) is 0 Å². The monoisotopic (exact) mass is 498 g/mol. The maximum atomic E-state index is 13.9. The Bertz CT molecular complexity index is 1280. The molecule has 0 N–H and O–H groups in total. The Kier molecular flexibility index (Phi) is 6.98. The second-order valence-electron chi connectivity index (χ2n) is 8.80. The second kappa shape index (κ2) is 9.78. The standard InChI is InChI=1S/C26H27ClN2O4S/c1-26(2)19-33-16-15-28(26)25(30)21-11-8-12-22(17-21)34(31,32)29(18-20-9-4-3-5-10-20)24-14-7-6-13-23(24)27/h3-14,17H,15-16,18-19H2,1-2H3. The lowest BCUT2D eigenvalue weighted by Gasteiger charge is -2.42. The molecule has 34 heavy (non-hydrogen) atoms. The highest BCUT2D eigenvalue weighted by atomic mass is 35.5. The molecule has 3 aromatic rings. The summed E-state index contributed by atoms with van der Waals surface area (Å²) in [4.78, 5) is 15.1. The van der Waals surface area contributed by atoms with E-state index < -0.39 is 15.6 Å². The molecule has 1 aliphatic rings. The lowest BCUT2D eigenvalue weighted by atomic mass is 10.0. The molecular weight excluding hydrogens is 472 g/mol. The molecule has 0 aliphatic carbocycles. The Morgan fingerprint density at radius 2 is 1.74 bits per heavy atom. The number of para-hydroxylation sites is 1. The highest BCUT2D eigenvalue weighted by Crippen LogP contribution is 2.32. The van der Waals surface area contributed by atoms with Gasteiger partial charge < -0.3 is 9.64 Å². The summed E-state index contributed by atoms with van der Waals surface area (Å²) in [7, 11) is -4.04. The number of sulfonamides is 1. The van der Waals surface area contributed by atoms with Crippen LogP contribution in [0.2, 0.25) is 5.02 Å². The molecule has 0 bridgehead atoms. The van der Waals surface area contributed by atoms with E-state index >= 15 is 0 Å². The van der Waals surface area contributed by atoms with E-state index in [4.69, 9.17) is 16.3 Å². The summed E-state index contributed by atoms with van der Waals surface area (Å²) in [6, 6.07) is 22.3. The summed E-state index contributed by atoms with van der Waals surface area (Å²) in [5.74, 6) is -0.224. The number of halogens is 1. The Balaban J connectivity index is 1.74. The maximum Gasteiger partial charge on any atom is 0.264 e. The van der Waals surface area contributed by atoms with Crippen LogP contribution < -0.4 is 4.31 Å². The Morgan fingerprint density at radius 3 is 2.44 bits per heavy atom. The molecule has 0 spiro atoms. The number of hydrogen-bond donors (Lipinski definition) is 0. The van der Waals surface area contributed by atoms with E-state index in [1.165, 1.54) is 16.4 Å². The lowest BCUT2D eigenvalue weighted by Crippen LogP contribution is -2.55. The van der Waals surface area contributed by atoms with Crippen molar-refractivity contribution >= 4 is 33.2 Å². The van der Waals surface area contributed by atoms with Gasteiger partial charge >= 0.3 is 0 Å². The number of carbonyl (C=O) groups is 1. The average molecular weight is 499 g/mol. The van der Waals surface area contributed by atoms with E-state index in [1.807, 2.05) is 44.2 Å². The highest BCUT2D eigenvalue weighted by molar-refractivity contribution is 7.92. The number of nitrogens with zero attached hydrogens (tertiary/aromatic N) is 2. The highest BCUT2D eigenvalue weighted by Gasteiger charge is 2.35. The largest absolute Gasteiger partial charge is 0.377 e. The zero-order chi connectivity index (χ0) is 24.3. The fraction of sp³-hybridized carbons (Fsp3) is 0.269. The molecule has 1 heterocycles. The number of hydrogen-bond acceptors (Lipinski definition) is 4. The van der Waals surface area contributed by atoms with Crippen LogP contribution >= 0.6 is 11.6 Å². The first-order valence-electron chi connectivity index (χ1n) is 11.0. The third-order valence-corrected chi connectivity index (χ3v) is 7.92. The molecule has 178 valence electrons. The lowest BCUT2D eigenvalue weighted by molar-refractivity contribution is -0.0370. The van der Waals surface area contributed by atoms with Crippen LogP contribution in [0.3, 0.4) is 0 Å². The van der Waals surface area contributed by atoms with Crippen molar-refractivity contribution in [3.8, 4) is 0 Å². The van der Waals surface area contributed by atoms with Crippen molar-refractivity contribution in [1.82, 2.24) is 4.90 Å². The normalized spacial score (nSPS) is 15.7. The number of carbonyl (C=O) groups excluding carboxylic acids is 1. The van der Waals surface area contributed by atoms with Crippen molar-refractivity contribution in [2.75, 3.05) is 24.1 Å². The summed E-state index contributed by atoms with van der Waals surface area (Å²) in [5, 5.41) is 0.323. The van der Waals surface area contributed by atoms with E-state index in [2.05, 4.69) is 0 Å². The number of benzene rings is 3. The Morgan fingerprint density at radius 1 is 1.03 bits per heavy atom. The number of rotatable bonds is 6. The minimum Gasteiger partial charge on any atom is -0.377 e. The van der Waals surface area contributed by atoms with Gasteiger partial charge in [-0.2, -0.15) is 0 Å². The van der Waals surface area contributed by atoms with Gasteiger partial charge in [0, 0.05) is 12.1 Å². The first-order valence-corrected chi connectivity index (χ1v) is 12.8. The molecule has 0 unspecified atom stereocenters. The van der Waals surface area contributed by atoms with E-state index in [1.54, 1.807) is 41.3 Å². The second-order valence-corrected chi connectivity index (χ2v) is 11.1. The minimum absolute atomic E-state index is 0.0280. The molecule has 1 saturated heterocycles. The topological polar surface area (TPSA) is 66.9 Å². The van der Waals surface area contributed by atoms with Crippen molar-refractivity contribution in [1.29, 1.82) is 0 Å². The number of ether oxygens (including phenoxy) is 1. The number of anilines is 1. The van der Waals surface area contributed by atoms with Gasteiger partial charge in [0.15, 0.2) is 0 Å². The van der Waals surface area contributed by atoms with E-state index in [-0.39, 0.29) is 17.3 Å². The molecule has 0 radical (unpaired) electrons. The summed E-state index contributed by atoms with van der Waals surface area (Å²) < 4.78 is 34.6. The summed E-state index contributed by atoms with van der Waals surface area (Å²) in [6.07, 6.45) is 0. The first kappa shape index (κ1) is 24.3. The van der Waals surface area contributed by atoms with Crippen LogP contribution in [-0.2, 0) is 21.3 Å². The first-order chi connectivity index (χ1) is 16.2. The molecule has 1 amide bonds. The fourth-order valence-electron chi connectivity index (χ4n) is 4.01. The van der Waals surface area contributed by atoms with E-state index in [0.29, 0.717) is 36.0 Å². The molecule has 1 aliphatic heterocycles. The minimum atomic E-state index is -4.04. The van der Waals surface area contributed by atoms with Crippen molar-refractivity contribution in [2.24, 2.45) is 0 Å². The summed E-state index contributed by atoms with van der Waals surface area (Å²) in [6.45, 7) is 5.29. The molecular formula is C26H27ClN2O4S. The number of morpholine rings is 1. The van der Waals surface area contributed by atoms with E-state index in [0.717, 1.165) is 5.56 Å². The Hall–Kier alpha value is -2.87. The zero-order valence-electron chi connectivity index (χ0n) is 19.1. The van der Waals surface area contributed by atoms with E-state index in [9.17, 15) is 13.2 Å². The fourth-order valence-corrected chi connectivity index (χ4v) is 5.82. The van der Waals surface area contributed by atoms with Gasteiger partial charge in [0.1, 0.15) is 0 Å². The molecule has 4 rings (SSSR count). The third-order valence-electron chi connectivity index (χ3n) is 5.85. The molecule has 1 fully saturated rings. The van der Waals surface area contributed by atoms with Crippen LogP contribution in [0.1, 0.15) is 29.8 Å². The van der Waals surface area contributed by atoms with Gasteiger partial charge in [-0.05, 0) is 49.7 Å². The molecule has 6 nitrogen and oxygen atoms in total. The van der Waals surface area contributed by atoms with Gasteiger partial charge in [-0.1, -0.05) is 60.1 Å². The maximum absolute atomic E-state index is 13.9. The number of amides is 1. The molecule has 3 aromatic carbocycles. The predicted molar refractivity (Wildman–Crippen MR) is 134 cm³/mol. The summed E-state index contributed by atoms with van der Waals surface area (Å²) >= 11 is 6.41. The van der Waals surface area contributed by atoms with Crippen LogP contribution in [0, 0.1) is 0 Å². The smallest absolute Gasteiger partial charge is 0.264 e. The van der Waals surface area contributed by atoms with Gasteiger partial charge in [0.2, 0.25) is 0 Å². The Labute approximate surface area is 205 Å². The molecule has 0 saturated carbocycles. The average Bonchev–Trinajstić information content (AvgIpc) is 2.83. The molecule has 8 heteroatoms. The van der Waals surface area contributed by atoms with Crippen LogP contribution in [0.5, 0.6) is 0 Å². The summed E-state index contributed by atoms with van der Waals surface area (Å²) in [5.41, 5.74) is 1.02. The van der Waals surface area contributed by atoms with Gasteiger partial charge in [0.05, 0.1) is 40.9 Å². The quantitative estimate of drug-likeness (QED) is 0.480. The van der Waals surface area contributed by atoms with Crippen LogP contribution in [0.4, 0.5) is 5.69 Å². The molecule has 0 aromatic heterocycles. The van der Waals surface area contributed by atoms with Gasteiger partial charge in [-0.25, -0.2) is 8.42 Å². The zero-order valence-corrected chi connectivity index (χ0v) is 20.7. The third kappa shape index (κ3) is 4.97. The molecule has 0 atom stereocenters. The van der Waals surface area contributed by atoms with Crippen LogP contribution in [0.15, 0.2) is 83.8 Å². The van der Waals surface area contributed by atoms with Gasteiger partial charge in [-0.3, -0.25) is 9.10 Å². The van der Waals surface area contributed by atoms with Gasteiger partial charge in [-0.15, -0.1) is 0 Å². The van der Waals surface area contributed by atoms with Crippen LogP contribution in [-0.4, -0.2) is 44.5 Å². The van der Waals surface area contributed by atoms with Crippen molar-refractivity contribution < 1.29 is 17.9 Å². The van der Waals surface area contributed by atoms with Crippen molar-refractivity contribution in [3.05, 3.63) is 95.0 Å². The van der Waals surface area contributed by atoms with Crippen molar-refractivity contribution in [3.63, 3.8) is 0 Å². The van der Waals surface area contributed by atoms with Gasteiger partial charge in [0.25, 0.3) is 15.9 Å².